The Morgan fingerprint density at radius 2 is 2.13 bits per heavy atom. The van der Waals surface area contributed by atoms with Crippen molar-refractivity contribution in [1.82, 2.24) is 24.8 Å². The van der Waals surface area contributed by atoms with Crippen LogP contribution in [0.1, 0.15) is 17.2 Å². The number of hydrazone groups is 1. The molecule has 7 nitrogen and oxygen atoms in total. The average Bonchev–Trinajstić information content (AvgIpc) is 2.99. The number of carbonyl (C=O) groups is 1. The molecule has 0 atom stereocenters. The lowest BCUT2D eigenvalue weighted by molar-refractivity contribution is -0.121. The van der Waals surface area contributed by atoms with Crippen molar-refractivity contribution in [2.45, 2.75) is 20.4 Å². The maximum atomic E-state index is 12.1. The first-order valence-corrected chi connectivity index (χ1v) is 7.29. The summed E-state index contributed by atoms with van der Waals surface area (Å²) >= 11 is 0. The molecule has 118 valence electrons. The van der Waals surface area contributed by atoms with E-state index in [4.69, 9.17) is 0 Å². The zero-order valence-corrected chi connectivity index (χ0v) is 13.3. The molecule has 1 aromatic carbocycles. The van der Waals surface area contributed by atoms with E-state index in [-0.39, 0.29) is 12.5 Å². The number of para-hydroxylation sites is 2. The minimum absolute atomic E-state index is 0.175. The van der Waals surface area contributed by atoms with Crippen molar-refractivity contribution in [2.24, 2.45) is 12.1 Å². The van der Waals surface area contributed by atoms with Crippen LogP contribution >= 0.6 is 0 Å². The van der Waals surface area contributed by atoms with Gasteiger partial charge in [0.05, 0.1) is 28.6 Å². The molecule has 0 aliphatic heterocycles. The Kier molecular flexibility index (Phi) is 3.92. The van der Waals surface area contributed by atoms with Crippen LogP contribution in [-0.4, -0.2) is 31.5 Å². The Bertz CT molecular complexity index is 889. The summed E-state index contributed by atoms with van der Waals surface area (Å²) in [6.07, 6.45) is 1.58. The molecule has 0 saturated heterocycles. The van der Waals surface area contributed by atoms with Crippen molar-refractivity contribution < 1.29 is 4.79 Å². The fraction of sp³-hybridized carbons (Fsp3) is 0.250. The maximum Gasteiger partial charge on any atom is 0.260 e. The second-order valence-corrected chi connectivity index (χ2v) is 5.36. The van der Waals surface area contributed by atoms with Gasteiger partial charge in [-0.3, -0.25) is 9.48 Å². The van der Waals surface area contributed by atoms with Gasteiger partial charge >= 0.3 is 0 Å². The monoisotopic (exact) mass is 310 g/mol. The largest absolute Gasteiger partial charge is 0.319 e. The highest BCUT2D eigenvalue weighted by atomic mass is 16.2. The number of hydrogen-bond acceptors (Lipinski definition) is 4. The highest BCUT2D eigenvalue weighted by molar-refractivity contribution is 5.83. The first-order valence-electron chi connectivity index (χ1n) is 7.29. The number of fused-ring (bicyclic) bond motifs is 1. The molecule has 0 bridgehead atoms. The van der Waals surface area contributed by atoms with Crippen molar-refractivity contribution in [2.75, 3.05) is 0 Å². The van der Waals surface area contributed by atoms with Gasteiger partial charge in [-0.15, -0.1) is 0 Å². The Hall–Kier alpha value is -2.96. The van der Waals surface area contributed by atoms with Crippen LogP contribution in [0.3, 0.4) is 0 Å². The van der Waals surface area contributed by atoms with Crippen LogP contribution in [0.4, 0.5) is 0 Å². The van der Waals surface area contributed by atoms with E-state index in [0.717, 1.165) is 28.2 Å². The van der Waals surface area contributed by atoms with Crippen LogP contribution in [-0.2, 0) is 18.4 Å². The first-order chi connectivity index (χ1) is 11.0. The molecular formula is C16H18N6O. The van der Waals surface area contributed by atoms with Gasteiger partial charge in [0.25, 0.3) is 5.91 Å². The SMILES string of the molecule is Cc1cc(/C=N/NC(=O)Cn2c(C)nc3ccccc32)n(C)n1. The summed E-state index contributed by atoms with van der Waals surface area (Å²) in [7, 11) is 1.83. The molecule has 0 unspecified atom stereocenters. The van der Waals surface area contributed by atoms with Gasteiger partial charge in [-0.2, -0.15) is 10.2 Å². The topological polar surface area (TPSA) is 77.1 Å². The molecule has 1 amide bonds. The number of aryl methyl sites for hydroxylation is 3. The van der Waals surface area contributed by atoms with Gasteiger partial charge in [-0.25, -0.2) is 10.4 Å². The van der Waals surface area contributed by atoms with Crippen LogP contribution in [0, 0.1) is 13.8 Å². The van der Waals surface area contributed by atoms with Crippen LogP contribution in [0.5, 0.6) is 0 Å². The predicted molar refractivity (Wildman–Crippen MR) is 88.2 cm³/mol. The number of carbonyl (C=O) groups excluding carboxylic acids is 1. The summed E-state index contributed by atoms with van der Waals surface area (Å²) in [6.45, 7) is 3.96. The van der Waals surface area contributed by atoms with E-state index in [9.17, 15) is 4.79 Å². The van der Waals surface area contributed by atoms with Crippen molar-refractivity contribution >= 4 is 23.2 Å². The van der Waals surface area contributed by atoms with Crippen molar-refractivity contribution in [3.05, 3.63) is 47.5 Å². The Labute approximate surface area is 133 Å². The molecule has 3 rings (SSSR count). The smallest absolute Gasteiger partial charge is 0.260 e. The standard InChI is InChI=1S/C16H18N6O/c1-11-8-13(21(3)20-11)9-17-19-16(23)10-22-12(2)18-14-6-4-5-7-15(14)22/h4-9H,10H2,1-3H3,(H,19,23)/b17-9+. The lowest BCUT2D eigenvalue weighted by atomic mass is 10.3. The summed E-state index contributed by atoms with van der Waals surface area (Å²) in [6, 6.07) is 9.63. The molecule has 0 radical (unpaired) electrons. The summed E-state index contributed by atoms with van der Waals surface area (Å²) in [5, 5.41) is 8.20. The second kappa shape index (κ2) is 6.04. The number of rotatable bonds is 4. The van der Waals surface area contributed by atoms with E-state index in [1.54, 1.807) is 10.9 Å². The third kappa shape index (κ3) is 3.13. The predicted octanol–water partition coefficient (Wildman–Crippen LogP) is 1.54. The van der Waals surface area contributed by atoms with E-state index in [2.05, 4.69) is 20.6 Å². The highest BCUT2D eigenvalue weighted by Gasteiger charge is 2.10. The van der Waals surface area contributed by atoms with E-state index in [1.807, 2.05) is 55.8 Å². The summed E-state index contributed by atoms with van der Waals surface area (Å²) in [5.74, 6) is 0.596. The minimum Gasteiger partial charge on any atom is -0.319 e. The van der Waals surface area contributed by atoms with Gasteiger partial charge < -0.3 is 4.57 Å². The van der Waals surface area contributed by atoms with Crippen LogP contribution < -0.4 is 5.43 Å². The van der Waals surface area contributed by atoms with E-state index in [1.165, 1.54) is 0 Å². The normalized spacial score (nSPS) is 11.4. The summed E-state index contributed by atoms with van der Waals surface area (Å²) in [5.41, 5.74) is 6.09. The van der Waals surface area contributed by atoms with Gasteiger partial charge in [0.2, 0.25) is 0 Å². The number of nitrogens with zero attached hydrogens (tertiary/aromatic N) is 5. The zero-order valence-electron chi connectivity index (χ0n) is 13.3. The third-order valence-electron chi connectivity index (χ3n) is 3.57. The molecule has 0 aliphatic carbocycles. The lowest BCUT2D eigenvalue weighted by Gasteiger charge is -2.05. The first kappa shape index (κ1) is 15.0. The molecule has 2 heterocycles. The molecule has 0 spiro atoms. The van der Waals surface area contributed by atoms with Gasteiger partial charge in [0.15, 0.2) is 0 Å². The van der Waals surface area contributed by atoms with Gasteiger partial charge in [0, 0.05) is 7.05 Å². The Morgan fingerprint density at radius 3 is 2.87 bits per heavy atom. The molecule has 7 heteroatoms. The van der Waals surface area contributed by atoms with Gasteiger partial charge in [0.1, 0.15) is 12.4 Å². The minimum atomic E-state index is -0.202. The fourth-order valence-corrected chi connectivity index (χ4v) is 2.50. The van der Waals surface area contributed by atoms with Crippen molar-refractivity contribution in [3.63, 3.8) is 0 Å². The van der Waals surface area contributed by atoms with Crippen LogP contribution in [0.2, 0.25) is 0 Å². The number of imidazole rings is 1. The molecule has 0 aliphatic rings. The molecule has 3 aromatic rings. The number of aromatic nitrogens is 4. The van der Waals surface area contributed by atoms with Crippen LogP contribution in [0.15, 0.2) is 35.4 Å². The van der Waals surface area contributed by atoms with E-state index in [0.29, 0.717) is 0 Å². The average molecular weight is 310 g/mol. The Balaban J connectivity index is 1.69. The molecule has 2 aromatic heterocycles. The molecule has 0 saturated carbocycles. The number of benzene rings is 1. The summed E-state index contributed by atoms with van der Waals surface area (Å²) < 4.78 is 3.58. The molecular weight excluding hydrogens is 292 g/mol. The molecule has 23 heavy (non-hydrogen) atoms. The molecule has 1 N–H and O–H groups in total. The second-order valence-electron chi connectivity index (χ2n) is 5.36. The third-order valence-corrected chi connectivity index (χ3v) is 3.57. The zero-order chi connectivity index (χ0) is 16.4. The van der Waals surface area contributed by atoms with Gasteiger partial charge in [-0.1, -0.05) is 12.1 Å². The number of hydrogen-bond donors (Lipinski definition) is 1. The molecule has 0 fully saturated rings. The van der Waals surface area contributed by atoms with Crippen molar-refractivity contribution in [1.29, 1.82) is 0 Å². The van der Waals surface area contributed by atoms with Gasteiger partial charge in [-0.05, 0) is 32.0 Å². The summed E-state index contributed by atoms with van der Waals surface area (Å²) in [4.78, 5) is 16.5. The quantitative estimate of drug-likeness (QED) is 0.586. The van der Waals surface area contributed by atoms with Crippen LogP contribution in [0.25, 0.3) is 11.0 Å². The number of nitrogens with one attached hydrogen (secondary N) is 1. The maximum absolute atomic E-state index is 12.1. The van der Waals surface area contributed by atoms with E-state index >= 15 is 0 Å². The van der Waals surface area contributed by atoms with E-state index < -0.39 is 0 Å². The number of amides is 1. The highest BCUT2D eigenvalue weighted by Crippen LogP contribution is 2.14. The Morgan fingerprint density at radius 1 is 1.35 bits per heavy atom. The van der Waals surface area contributed by atoms with Crippen molar-refractivity contribution in [3.8, 4) is 0 Å². The fourth-order valence-electron chi connectivity index (χ4n) is 2.50. The lowest BCUT2D eigenvalue weighted by Crippen LogP contribution is -2.23.